The van der Waals surface area contributed by atoms with Crippen LogP contribution in [0.3, 0.4) is 0 Å². The third kappa shape index (κ3) is 5.78. The number of hydrogen-bond acceptors (Lipinski definition) is 4. The highest BCUT2D eigenvalue weighted by molar-refractivity contribution is 7.25. The van der Waals surface area contributed by atoms with Crippen molar-refractivity contribution in [2.75, 3.05) is 0 Å². The molecule has 0 unspecified atom stereocenters. The molecule has 274 valence electrons. The summed E-state index contributed by atoms with van der Waals surface area (Å²) in [5.41, 5.74) is 13.3. The van der Waals surface area contributed by atoms with Gasteiger partial charge in [0.2, 0.25) is 0 Å². The van der Waals surface area contributed by atoms with Crippen molar-refractivity contribution in [3.05, 3.63) is 193 Å². The number of thiophene rings is 1. The predicted molar refractivity (Wildman–Crippen MR) is 244 cm³/mol. The summed E-state index contributed by atoms with van der Waals surface area (Å²) in [6, 6.07) is 65.0. The standard InChI is InChI=1S/C53H36N4S/c1-33-28-34(2)30-39(29-33)37-24-26-46-43(31-37)41-18-9-11-21-45(41)57(46)47-27-25-38(40-20-13-23-49-50(40)42-19-10-12-22-48(42)58-49)32-44(47)53-55-51(35-14-5-3-6-15-35)54-52(56-53)36-16-7-4-8-17-36/h3-32H,1-2H3. The van der Waals surface area contributed by atoms with Gasteiger partial charge in [-0.15, -0.1) is 11.3 Å². The van der Waals surface area contributed by atoms with E-state index in [2.05, 4.69) is 164 Å². The topological polar surface area (TPSA) is 43.6 Å². The van der Waals surface area contributed by atoms with Gasteiger partial charge < -0.3 is 4.57 Å². The molecule has 0 aliphatic carbocycles. The highest BCUT2D eigenvalue weighted by Gasteiger charge is 2.22. The average molecular weight is 761 g/mol. The van der Waals surface area contributed by atoms with Crippen LogP contribution in [-0.2, 0) is 0 Å². The normalized spacial score (nSPS) is 11.6. The number of aryl methyl sites for hydroxylation is 2. The molecule has 0 fully saturated rings. The van der Waals surface area contributed by atoms with Crippen LogP contribution in [0.4, 0.5) is 0 Å². The van der Waals surface area contributed by atoms with Crippen LogP contribution in [0.2, 0.25) is 0 Å². The zero-order chi connectivity index (χ0) is 38.7. The van der Waals surface area contributed by atoms with Crippen molar-refractivity contribution >= 4 is 53.3 Å². The Balaban J connectivity index is 1.21. The molecule has 0 aliphatic heterocycles. The van der Waals surface area contributed by atoms with Gasteiger partial charge in [0, 0.05) is 47.6 Å². The van der Waals surface area contributed by atoms with Crippen LogP contribution in [0.15, 0.2) is 182 Å². The van der Waals surface area contributed by atoms with Crippen LogP contribution in [0.25, 0.3) is 104 Å². The number of fused-ring (bicyclic) bond motifs is 6. The molecule has 11 aromatic rings. The summed E-state index contributed by atoms with van der Waals surface area (Å²) in [5, 5.41) is 4.92. The molecule has 0 bridgehead atoms. The highest BCUT2D eigenvalue weighted by atomic mass is 32.1. The van der Waals surface area contributed by atoms with Gasteiger partial charge in [-0.3, -0.25) is 0 Å². The molecule has 0 spiro atoms. The highest BCUT2D eigenvalue weighted by Crippen LogP contribution is 2.43. The monoisotopic (exact) mass is 760 g/mol. The first-order valence-electron chi connectivity index (χ1n) is 19.6. The van der Waals surface area contributed by atoms with E-state index in [0.29, 0.717) is 17.5 Å². The molecule has 0 N–H and O–H groups in total. The molecule has 3 heterocycles. The molecule has 0 saturated carbocycles. The van der Waals surface area contributed by atoms with Gasteiger partial charge in [-0.1, -0.05) is 151 Å². The molecule has 58 heavy (non-hydrogen) atoms. The minimum atomic E-state index is 0.615. The van der Waals surface area contributed by atoms with Crippen molar-refractivity contribution in [2.24, 2.45) is 0 Å². The van der Waals surface area contributed by atoms with E-state index in [1.54, 1.807) is 0 Å². The maximum atomic E-state index is 5.30. The minimum Gasteiger partial charge on any atom is -0.309 e. The number of para-hydroxylation sites is 1. The second kappa shape index (κ2) is 13.8. The quantitative estimate of drug-likeness (QED) is 0.169. The van der Waals surface area contributed by atoms with E-state index in [4.69, 9.17) is 15.0 Å². The van der Waals surface area contributed by atoms with E-state index in [9.17, 15) is 0 Å². The summed E-state index contributed by atoms with van der Waals surface area (Å²) >= 11 is 1.84. The number of hydrogen-bond donors (Lipinski definition) is 0. The summed E-state index contributed by atoms with van der Waals surface area (Å²) in [6.07, 6.45) is 0. The molecule has 0 amide bonds. The molecule has 0 saturated heterocycles. The SMILES string of the molecule is Cc1cc(C)cc(-c2ccc3c(c2)c2ccccc2n3-c2ccc(-c3cccc4sc5ccccc5c34)cc2-c2nc(-c3ccccc3)nc(-c3ccccc3)n2)c1. The number of rotatable bonds is 6. The van der Waals surface area contributed by atoms with Gasteiger partial charge in [0.1, 0.15) is 0 Å². The Morgan fingerprint density at radius 3 is 1.72 bits per heavy atom. The molecule has 4 nitrogen and oxygen atoms in total. The van der Waals surface area contributed by atoms with Gasteiger partial charge in [-0.25, -0.2) is 15.0 Å². The van der Waals surface area contributed by atoms with E-state index in [0.717, 1.165) is 39.0 Å². The lowest BCUT2D eigenvalue weighted by molar-refractivity contribution is 1.06. The average Bonchev–Trinajstić information content (AvgIpc) is 3.82. The summed E-state index contributed by atoms with van der Waals surface area (Å²) in [5.74, 6) is 1.88. The lowest BCUT2D eigenvalue weighted by Gasteiger charge is -2.17. The van der Waals surface area contributed by atoms with Gasteiger partial charge >= 0.3 is 0 Å². The van der Waals surface area contributed by atoms with Gasteiger partial charge in [0.25, 0.3) is 0 Å². The van der Waals surface area contributed by atoms with Gasteiger partial charge in [-0.2, -0.15) is 0 Å². The van der Waals surface area contributed by atoms with Crippen LogP contribution in [0.1, 0.15) is 11.1 Å². The van der Waals surface area contributed by atoms with Crippen LogP contribution in [0.5, 0.6) is 0 Å². The fourth-order valence-electron chi connectivity index (χ4n) is 8.58. The van der Waals surface area contributed by atoms with Crippen molar-refractivity contribution in [1.82, 2.24) is 19.5 Å². The first-order valence-corrected chi connectivity index (χ1v) is 20.4. The molecule has 8 aromatic carbocycles. The fraction of sp³-hybridized carbons (Fsp3) is 0.0377. The maximum Gasteiger partial charge on any atom is 0.166 e. The first-order chi connectivity index (χ1) is 28.6. The maximum absolute atomic E-state index is 5.30. The molecular weight excluding hydrogens is 725 g/mol. The Morgan fingerprint density at radius 1 is 0.379 bits per heavy atom. The van der Waals surface area contributed by atoms with Crippen molar-refractivity contribution in [3.63, 3.8) is 0 Å². The minimum absolute atomic E-state index is 0.615. The summed E-state index contributed by atoms with van der Waals surface area (Å²) in [7, 11) is 0. The zero-order valence-electron chi connectivity index (χ0n) is 32.0. The van der Waals surface area contributed by atoms with Crippen molar-refractivity contribution in [1.29, 1.82) is 0 Å². The van der Waals surface area contributed by atoms with Crippen LogP contribution >= 0.6 is 11.3 Å². The van der Waals surface area contributed by atoms with E-state index in [-0.39, 0.29) is 0 Å². The van der Waals surface area contributed by atoms with E-state index in [1.165, 1.54) is 58.8 Å². The van der Waals surface area contributed by atoms with E-state index in [1.807, 2.05) is 47.7 Å². The summed E-state index contributed by atoms with van der Waals surface area (Å²) in [6.45, 7) is 4.34. The van der Waals surface area contributed by atoms with E-state index >= 15 is 0 Å². The molecule has 0 aliphatic rings. The number of aromatic nitrogens is 4. The first kappa shape index (κ1) is 34.1. The predicted octanol–water partition coefficient (Wildman–Crippen LogP) is 14.3. The Bertz CT molecular complexity index is 3280. The Kier molecular flexibility index (Phi) is 8.09. The second-order valence-electron chi connectivity index (χ2n) is 15.0. The Morgan fingerprint density at radius 2 is 0.983 bits per heavy atom. The fourth-order valence-corrected chi connectivity index (χ4v) is 9.71. The lowest BCUT2D eigenvalue weighted by atomic mass is 9.96. The van der Waals surface area contributed by atoms with Gasteiger partial charge in [0.05, 0.1) is 16.7 Å². The van der Waals surface area contributed by atoms with E-state index < -0.39 is 0 Å². The van der Waals surface area contributed by atoms with Crippen molar-refractivity contribution in [3.8, 4) is 62.1 Å². The molecule has 0 atom stereocenters. The number of nitrogens with zero attached hydrogens (tertiary/aromatic N) is 4. The third-order valence-corrected chi connectivity index (χ3v) is 12.3. The molecule has 0 radical (unpaired) electrons. The van der Waals surface area contributed by atoms with Crippen LogP contribution < -0.4 is 0 Å². The Hall–Kier alpha value is -7.21. The van der Waals surface area contributed by atoms with Crippen LogP contribution in [0, 0.1) is 13.8 Å². The molecule has 3 aromatic heterocycles. The third-order valence-electron chi connectivity index (χ3n) is 11.1. The smallest absolute Gasteiger partial charge is 0.166 e. The summed E-state index contributed by atoms with van der Waals surface area (Å²) in [4.78, 5) is 15.7. The molecular formula is C53H36N4S. The zero-order valence-corrected chi connectivity index (χ0v) is 32.8. The number of benzene rings is 8. The van der Waals surface area contributed by atoms with Crippen molar-refractivity contribution in [2.45, 2.75) is 13.8 Å². The van der Waals surface area contributed by atoms with Gasteiger partial charge in [0.15, 0.2) is 17.5 Å². The molecule has 5 heteroatoms. The van der Waals surface area contributed by atoms with Crippen LogP contribution in [-0.4, -0.2) is 19.5 Å². The summed E-state index contributed by atoms with van der Waals surface area (Å²) < 4.78 is 4.94. The largest absolute Gasteiger partial charge is 0.309 e. The van der Waals surface area contributed by atoms with Crippen molar-refractivity contribution < 1.29 is 0 Å². The lowest BCUT2D eigenvalue weighted by Crippen LogP contribution is -2.04. The Labute approximate surface area is 340 Å². The van der Waals surface area contributed by atoms with Gasteiger partial charge in [-0.05, 0) is 78.6 Å². The second-order valence-corrected chi connectivity index (χ2v) is 16.1. The molecule has 11 rings (SSSR count).